The fourth-order valence-corrected chi connectivity index (χ4v) is 7.35. The molecule has 0 spiro atoms. The van der Waals surface area contributed by atoms with Gasteiger partial charge in [-0.3, -0.25) is 0 Å². The van der Waals surface area contributed by atoms with Gasteiger partial charge in [-0.1, -0.05) is 29.3 Å². The van der Waals surface area contributed by atoms with E-state index >= 15 is 0 Å². The molecule has 0 bridgehead atoms. The number of hydrogen-bond acceptors (Lipinski definition) is 6. The van der Waals surface area contributed by atoms with Crippen molar-refractivity contribution in [2.24, 2.45) is 5.92 Å². The van der Waals surface area contributed by atoms with E-state index in [2.05, 4.69) is 21.0 Å². The second-order valence-corrected chi connectivity index (χ2v) is 12.3. The van der Waals surface area contributed by atoms with Crippen LogP contribution in [0.2, 0.25) is 10.0 Å². The summed E-state index contributed by atoms with van der Waals surface area (Å²) < 4.78 is 29.7. The third-order valence-electron chi connectivity index (χ3n) is 7.22. The van der Waals surface area contributed by atoms with E-state index in [0.29, 0.717) is 42.0 Å². The molecular formula is C26H25Cl2N7O2S. The molecular weight excluding hydrogens is 545 g/mol. The van der Waals surface area contributed by atoms with E-state index in [-0.39, 0.29) is 9.92 Å². The van der Waals surface area contributed by atoms with Gasteiger partial charge in [0.2, 0.25) is 10.0 Å². The molecule has 6 rings (SSSR count). The van der Waals surface area contributed by atoms with Crippen LogP contribution in [-0.4, -0.2) is 50.5 Å². The molecule has 0 saturated carbocycles. The van der Waals surface area contributed by atoms with Crippen LogP contribution in [0, 0.1) is 5.92 Å². The van der Waals surface area contributed by atoms with Crippen molar-refractivity contribution in [2.75, 3.05) is 18.8 Å². The number of halogens is 2. The molecule has 2 aromatic carbocycles. The molecule has 0 unspecified atom stereocenters. The lowest BCUT2D eigenvalue weighted by Gasteiger charge is -2.31. The van der Waals surface area contributed by atoms with Crippen LogP contribution in [0.5, 0.6) is 0 Å². The van der Waals surface area contributed by atoms with Gasteiger partial charge in [0.1, 0.15) is 22.7 Å². The number of nitrogens with one attached hydrogen (secondary N) is 1. The molecule has 38 heavy (non-hydrogen) atoms. The number of hydrogen-bond donors (Lipinski definition) is 2. The van der Waals surface area contributed by atoms with Gasteiger partial charge in [0, 0.05) is 47.3 Å². The lowest BCUT2D eigenvalue weighted by atomic mass is 9.95. The van der Waals surface area contributed by atoms with Gasteiger partial charge in [-0.15, -0.1) is 0 Å². The number of nitrogens with two attached hydrogens (primary N) is 1. The minimum Gasteiger partial charge on any atom is -0.383 e. The van der Waals surface area contributed by atoms with Crippen molar-refractivity contribution in [3.8, 4) is 11.3 Å². The molecule has 0 amide bonds. The number of aromatic amines is 1. The summed E-state index contributed by atoms with van der Waals surface area (Å²) in [6.07, 6.45) is 5.68. The van der Waals surface area contributed by atoms with Crippen LogP contribution >= 0.6 is 23.2 Å². The number of H-pyrrole nitrogens is 1. The fourth-order valence-electron chi connectivity index (χ4n) is 5.15. The number of piperidine rings is 1. The standard InChI is InChI=1S/C26H25Cl2N7O2S/c27-19-2-3-20(28)22(14-19)38(36,37)34-10-6-16(7-11-34)8-12-35-26-23(25(29)31-15-32-26)24(33-35)18-1-4-21-17(13-18)5-9-30-21/h1-5,9,13-16,30H,6-8,10-12H2,(H2,29,31,32). The minimum absolute atomic E-state index is 0.0516. The molecule has 1 saturated heterocycles. The molecule has 9 nitrogen and oxygen atoms in total. The Balaban J connectivity index is 1.19. The highest BCUT2D eigenvalue weighted by Crippen LogP contribution is 2.34. The maximum Gasteiger partial charge on any atom is 0.244 e. The van der Waals surface area contributed by atoms with Crippen LogP contribution in [0.4, 0.5) is 5.82 Å². The second kappa shape index (κ2) is 9.85. The Morgan fingerprint density at radius 2 is 1.87 bits per heavy atom. The summed E-state index contributed by atoms with van der Waals surface area (Å²) in [5, 5.41) is 7.24. The Kier molecular flexibility index (Phi) is 6.51. The second-order valence-electron chi connectivity index (χ2n) is 9.52. The minimum atomic E-state index is -3.71. The molecule has 1 aliphatic heterocycles. The SMILES string of the molecule is Nc1ncnc2c1c(-c1ccc3[nH]ccc3c1)nn2CCC1CCN(S(=O)(=O)c2cc(Cl)ccc2Cl)CC1. The summed E-state index contributed by atoms with van der Waals surface area (Å²) >= 11 is 12.2. The monoisotopic (exact) mass is 569 g/mol. The van der Waals surface area contributed by atoms with Gasteiger partial charge in [-0.05, 0) is 61.6 Å². The number of rotatable bonds is 6. The van der Waals surface area contributed by atoms with Crippen LogP contribution in [0.15, 0.2) is 59.9 Å². The van der Waals surface area contributed by atoms with Crippen LogP contribution in [-0.2, 0) is 16.6 Å². The van der Waals surface area contributed by atoms with E-state index in [4.69, 9.17) is 34.0 Å². The topological polar surface area (TPSA) is 123 Å². The number of nitrogens with zero attached hydrogens (tertiary/aromatic N) is 5. The van der Waals surface area contributed by atoms with Gasteiger partial charge in [-0.2, -0.15) is 9.40 Å². The molecule has 0 aliphatic carbocycles. The molecule has 1 aliphatic rings. The van der Waals surface area contributed by atoms with Gasteiger partial charge in [0.05, 0.1) is 10.4 Å². The number of nitrogen functional groups attached to an aromatic ring is 1. The average molecular weight is 571 g/mol. The first kappa shape index (κ1) is 25.1. The summed E-state index contributed by atoms with van der Waals surface area (Å²) in [6.45, 7) is 1.48. The zero-order valence-corrected chi connectivity index (χ0v) is 22.6. The highest BCUT2D eigenvalue weighted by atomic mass is 35.5. The number of anilines is 1. The number of fused-ring (bicyclic) bond motifs is 2. The van der Waals surface area contributed by atoms with Crippen molar-refractivity contribution in [1.29, 1.82) is 0 Å². The number of sulfonamides is 1. The Hall–Kier alpha value is -3.18. The zero-order valence-electron chi connectivity index (χ0n) is 20.3. The Labute approximate surface area is 229 Å². The number of aromatic nitrogens is 5. The lowest BCUT2D eigenvalue weighted by molar-refractivity contribution is 0.255. The van der Waals surface area contributed by atoms with E-state index in [1.54, 1.807) is 6.07 Å². The molecule has 12 heteroatoms. The highest BCUT2D eigenvalue weighted by molar-refractivity contribution is 7.89. The largest absolute Gasteiger partial charge is 0.383 e. The van der Waals surface area contributed by atoms with Gasteiger partial charge < -0.3 is 10.7 Å². The molecule has 196 valence electrons. The maximum absolute atomic E-state index is 13.2. The van der Waals surface area contributed by atoms with Crippen LogP contribution < -0.4 is 5.73 Å². The van der Waals surface area contributed by atoms with Crippen LogP contribution in [0.25, 0.3) is 33.2 Å². The maximum atomic E-state index is 13.2. The normalized spacial score (nSPS) is 15.5. The molecule has 4 heterocycles. The predicted molar refractivity (Wildman–Crippen MR) is 150 cm³/mol. The number of aryl methyl sites for hydroxylation is 1. The number of benzene rings is 2. The predicted octanol–water partition coefficient (Wildman–Crippen LogP) is 5.35. The van der Waals surface area contributed by atoms with E-state index in [1.165, 1.54) is 22.8 Å². The third kappa shape index (κ3) is 4.51. The lowest BCUT2D eigenvalue weighted by Crippen LogP contribution is -2.38. The Bertz CT molecular complexity index is 1760. The average Bonchev–Trinajstić information content (AvgIpc) is 3.54. The van der Waals surface area contributed by atoms with Crippen LogP contribution in [0.3, 0.4) is 0 Å². The summed E-state index contributed by atoms with van der Waals surface area (Å²) in [7, 11) is -3.71. The van der Waals surface area contributed by atoms with Gasteiger partial charge in [0.15, 0.2) is 5.65 Å². The van der Waals surface area contributed by atoms with Gasteiger partial charge in [0.25, 0.3) is 0 Å². The molecule has 3 aromatic heterocycles. The Morgan fingerprint density at radius 3 is 2.68 bits per heavy atom. The van der Waals surface area contributed by atoms with Crippen molar-refractivity contribution >= 4 is 61.0 Å². The highest BCUT2D eigenvalue weighted by Gasteiger charge is 2.31. The zero-order chi connectivity index (χ0) is 26.4. The van der Waals surface area contributed by atoms with Crippen molar-refractivity contribution < 1.29 is 8.42 Å². The van der Waals surface area contributed by atoms with E-state index < -0.39 is 10.0 Å². The van der Waals surface area contributed by atoms with E-state index in [9.17, 15) is 8.42 Å². The first-order valence-corrected chi connectivity index (χ1v) is 14.5. The first-order valence-electron chi connectivity index (χ1n) is 12.3. The summed E-state index contributed by atoms with van der Waals surface area (Å²) in [4.78, 5) is 12.0. The Morgan fingerprint density at radius 1 is 1.05 bits per heavy atom. The molecule has 1 fully saturated rings. The third-order valence-corrected chi connectivity index (χ3v) is 9.83. The summed E-state index contributed by atoms with van der Waals surface area (Å²) in [5.74, 6) is 0.734. The fraction of sp³-hybridized carbons (Fsp3) is 0.269. The van der Waals surface area contributed by atoms with Crippen molar-refractivity contribution in [3.63, 3.8) is 0 Å². The van der Waals surface area contributed by atoms with Crippen LogP contribution in [0.1, 0.15) is 19.3 Å². The first-order chi connectivity index (χ1) is 18.3. The summed E-state index contributed by atoms with van der Waals surface area (Å²) in [6, 6.07) is 12.6. The molecule has 0 radical (unpaired) electrons. The van der Waals surface area contributed by atoms with E-state index in [1.807, 2.05) is 29.1 Å². The quantitative estimate of drug-likeness (QED) is 0.284. The van der Waals surface area contributed by atoms with Gasteiger partial charge >= 0.3 is 0 Å². The van der Waals surface area contributed by atoms with Gasteiger partial charge in [-0.25, -0.2) is 23.1 Å². The van der Waals surface area contributed by atoms with E-state index in [0.717, 1.165) is 46.8 Å². The molecule has 3 N–H and O–H groups in total. The smallest absolute Gasteiger partial charge is 0.244 e. The van der Waals surface area contributed by atoms with Crippen molar-refractivity contribution in [1.82, 2.24) is 29.0 Å². The van der Waals surface area contributed by atoms with Crippen molar-refractivity contribution in [3.05, 3.63) is 65.0 Å². The van der Waals surface area contributed by atoms with Crippen molar-refractivity contribution in [2.45, 2.75) is 30.7 Å². The molecule has 5 aromatic rings. The summed E-state index contributed by atoms with van der Waals surface area (Å²) in [5.41, 5.74) is 9.71. The molecule has 0 atom stereocenters.